The zero-order chi connectivity index (χ0) is 15.0. The number of hydrogen-bond donors (Lipinski definition) is 0. The molecule has 108 valence electrons. The minimum Gasteiger partial charge on any atom is -0.491 e. The monoisotopic (exact) mass is 284 g/mol. The van der Waals surface area contributed by atoms with Crippen molar-refractivity contribution in [3.8, 4) is 11.5 Å². The molecular formula is C16H16N2O3. The van der Waals surface area contributed by atoms with Gasteiger partial charge in [0.05, 0.1) is 18.4 Å². The van der Waals surface area contributed by atoms with Crippen LogP contribution in [0, 0.1) is 0 Å². The van der Waals surface area contributed by atoms with Gasteiger partial charge in [0.15, 0.2) is 5.75 Å². The molecule has 0 saturated heterocycles. The van der Waals surface area contributed by atoms with Gasteiger partial charge in [-0.3, -0.25) is 14.3 Å². The second-order valence-electron chi connectivity index (χ2n) is 5.36. The fourth-order valence-electron chi connectivity index (χ4n) is 2.40. The molecule has 2 aromatic heterocycles. The quantitative estimate of drug-likeness (QED) is 0.849. The van der Waals surface area contributed by atoms with Crippen LogP contribution in [-0.4, -0.2) is 22.3 Å². The van der Waals surface area contributed by atoms with Crippen molar-refractivity contribution in [2.45, 2.75) is 19.4 Å². The van der Waals surface area contributed by atoms with E-state index in [0.717, 1.165) is 11.3 Å². The van der Waals surface area contributed by atoms with E-state index in [0.29, 0.717) is 11.5 Å². The molecule has 0 aromatic carbocycles. The van der Waals surface area contributed by atoms with Gasteiger partial charge < -0.3 is 9.47 Å². The first-order valence-electron chi connectivity index (χ1n) is 6.64. The van der Waals surface area contributed by atoms with Crippen LogP contribution < -0.4 is 15.0 Å². The van der Waals surface area contributed by atoms with Gasteiger partial charge in [-0.25, -0.2) is 0 Å². The molecule has 3 heterocycles. The van der Waals surface area contributed by atoms with Gasteiger partial charge in [-0.1, -0.05) is 0 Å². The first-order valence-corrected chi connectivity index (χ1v) is 6.64. The van der Waals surface area contributed by atoms with Crippen LogP contribution >= 0.6 is 0 Å². The number of hydrogen-bond acceptors (Lipinski definition) is 4. The van der Waals surface area contributed by atoms with E-state index >= 15 is 0 Å². The molecular weight excluding hydrogens is 268 g/mol. The highest BCUT2D eigenvalue weighted by Crippen LogP contribution is 2.35. The van der Waals surface area contributed by atoms with Gasteiger partial charge in [0.25, 0.3) is 5.56 Å². The van der Waals surface area contributed by atoms with Crippen molar-refractivity contribution in [1.82, 2.24) is 9.55 Å². The predicted octanol–water partition coefficient (Wildman–Crippen LogP) is 2.31. The molecule has 5 nitrogen and oxygen atoms in total. The number of methoxy groups -OCH3 is 1. The van der Waals surface area contributed by atoms with Crippen LogP contribution in [0.5, 0.6) is 11.5 Å². The first kappa shape index (κ1) is 13.4. The molecule has 0 radical (unpaired) electrons. The van der Waals surface area contributed by atoms with Crippen molar-refractivity contribution in [3.63, 3.8) is 0 Å². The minimum absolute atomic E-state index is 0.209. The predicted molar refractivity (Wildman–Crippen MR) is 79.6 cm³/mol. The van der Waals surface area contributed by atoms with E-state index in [9.17, 15) is 4.79 Å². The van der Waals surface area contributed by atoms with Crippen molar-refractivity contribution >= 4 is 5.70 Å². The summed E-state index contributed by atoms with van der Waals surface area (Å²) in [5, 5.41) is 0. The van der Waals surface area contributed by atoms with E-state index in [4.69, 9.17) is 9.47 Å². The zero-order valence-corrected chi connectivity index (χ0v) is 12.2. The lowest BCUT2D eigenvalue weighted by molar-refractivity contribution is 0.157. The minimum atomic E-state index is -0.508. The summed E-state index contributed by atoms with van der Waals surface area (Å²) < 4.78 is 12.6. The SMILES string of the molecule is COc1cccn(C2=CC(C)(C)Oc3ccncc32)c1=O. The largest absolute Gasteiger partial charge is 0.491 e. The summed E-state index contributed by atoms with van der Waals surface area (Å²) in [5.41, 5.74) is 0.816. The number of ether oxygens (including phenoxy) is 2. The van der Waals surface area contributed by atoms with Crippen LogP contribution in [0.1, 0.15) is 19.4 Å². The van der Waals surface area contributed by atoms with E-state index in [-0.39, 0.29) is 5.56 Å². The van der Waals surface area contributed by atoms with Crippen LogP contribution in [-0.2, 0) is 0 Å². The number of nitrogens with zero attached hydrogens (tertiary/aromatic N) is 2. The molecule has 0 amide bonds. The molecule has 0 N–H and O–H groups in total. The summed E-state index contributed by atoms with van der Waals surface area (Å²) in [6.45, 7) is 3.89. The summed E-state index contributed by atoms with van der Waals surface area (Å²) in [6, 6.07) is 5.23. The Hall–Kier alpha value is -2.56. The topological polar surface area (TPSA) is 53.4 Å². The third-order valence-electron chi connectivity index (χ3n) is 3.31. The van der Waals surface area contributed by atoms with Gasteiger partial charge in [-0.15, -0.1) is 0 Å². The van der Waals surface area contributed by atoms with Gasteiger partial charge in [-0.2, -0.15) is 0 Å². The van der Waals surface area contributed by atoms with Crippen molar-refractivity contribution in [2.24, 2.45) is 0 Å². The summed E-state index contributed by atoms with van der Waals surface area (Å²) in [6.07, 6.45) is 7.00. The lowest BCUT2D eigenvalue weighted by atomic mass is 10.0. The highest BCUT2D eigenvalue weighted by molar-refractivity contribution is 5.73. The smallest absolute Gasteiger partial charge is 0.297 e. The third kappa shape index (κ3) is 2.31. The fraction of sp³-hybridized carbons (Fsp3) is 0.250. The van der Waals surface area contributed by atoms with E-state index in [2.05, 4.69) is 4.98 Å². The van der Waals surface area contributed by atoms with E-state index in [1.165, 1.54) is 7.11 Å². The Bertz CT molecular complexity index is 775. The Labute approximate surface area is 122 Å². The maximum absolute atomic E-state index is 12.5. The highest BCUT2D eigenvalue weighted by Gasteiger charge is 2.28. The summed E-state index contributed by atoms with van der Waals surface area (Å²) >= 11 is 0. The maximum Gasteiger partial charge on any atom is 0.297 e. The van der Waals surface area contributed by atoms with Gasteiger partial charge in [0.2, 0.25) is 0 Å². The number of rotatable bonds is 2. The molecule has 1 aliphatic heterocycles. The molecule has 2 aromatic rings. The molecule has 0 spiro atoms. The molecule has 0 unspecified atom stereocenters. The average Bonchev–Trinajstić information content (AvgIpc) is 2.46. The second kappa shape index (κ2) is 4.77. The van der Waals surface area contributed by atoms with Crippen LogP contribution in [0.15, 0.2) is 47.7 Å². The number of fused-ring (bicyclic) bond motifs is 1. The molecule has 21 heavy (non-hydrogen) atoms. The molecule has 1 aliphatic rings. The molecule has 0 fully saturated rings. The molecule has 0 bridgehead atoms. The van der Waals surface area contributed by atoms with Crippen LogP contribution in [0.4, 0.5) is 0 Å². The fourth-order valence-corrected chi connectivity index (χ4v) is 2.40. The van der Waals surface area contributed by atoms with Crippen molar-refractivity contribution < 1.29 is 9.47 Å². The van der Waals surface area contributed by atoms with E-state index in [1.54, 1.807) is 41.4 Å². The molecule has 0 saturated carbocycles. The van der Waals surface area contributed by atoms with Crippen molar-refractivity contribution in [3.05, 3.63) is 58.8 Å². The Balaban J connectivity index is 2.26. The summed E-state index contributed by atoms with van der Waals surface area (Å²) in [7, 11) is 1.48. The zero-order valence-electron chi connectivity index (χ0n) is 12.2. The standard InChI is InChI=1S/C16H16N2O3/c1-16(2)9-12(11-10-17-7-6-13(11)21-16)18-8-4-5-14(20-3)15(18)19/h4-10H,1-3H3. The lowest BCUT2D eigenvalue weighted by Crippen LogP contribution is -2.32. The third-order valence-corrected chi connectivity index (χ3v) is 3.31. The molecule has 5 heteroatoms. The van der Waals surface area contributed by atoms with Crippen molar-refractivity contribution in [1.29, 1.82) is 0 Å². The van der Waals surface area contributed by atoms with E-state index < -0.39 is 5.60 Å². The number of pyridine rings is 2. The van der Waals surface area contributed by atoms with Crippen LogP contribution in [0.3, 0.4) is 0 Å². The van der Waals surface area contributed by atoms with Gasteiger partial charge in [0.1, 0.15) is 11.4 Å². The normalized spacial score (nSPS) is 15.7. The van der Waals surface area contributed by atoms with Gasteiger partial charge in [0, 0.05) is 18.6 Å². The molecule has 0 aliphatic carbocycles. The Morgan fingerprint density at radius 3 is 2.90 bits per heavy atom. The first-order chi connectivity index (χ1) is 10.0. The Kier molecular flexibility index (Phi) is 3.05. The second-order valence-corrected chi connectivity index (χ2v) is 5.36. The molecule has 3 rings (SSSR count). The average molecular weight is 284 g/mol. The Morgan fingerprint density at radius 2 is 2.14 bits per heavy atom. The maximum atomic E-state index is 12.5. The van der Waals surface area contributed by atoms with Crippen LogP contribution in [0.25, 0.3) is 5.70 Å². The van der Waals surface area contributed by atoms with E-state index in [1.807, 2.05) is 19.9 Å². The van der Waals surface area contributed by atoms with Gasteiger partial charge in [-0.05, 0) is 38.1 Å². The molecule has 0 atom stereocenters. The Morgan fingerprint density at radius 1 is 1.33 bits per heavy atom. The summed E-state index contributed by atoms with van der Waals surface area (Å²) in [5.74, 6) is 1.01. The van der Waals surface area contributed by atoms with Gasteiger partial charge >= 0.3 is 0 Å². The van der Waals surface area contributed by atoms with Crippen molar-refractivity contribution in [2.75, 3.05) is 7.11 Å². The highest BCUT2D eigenvalue weighted by atomic mass is 16.5. The lowest BCUT2D eigenvalue weighted by Gasteiger charge is -2.31. The summed E-state index contributed by atoms with van der Waals surface area (Å²) in [4.78, 5) is 16.6. The number of aromatic nitrogens is 2. The van der Waals surface area contributed by atoms with Crippen LogP contribution in [0.2, 0.25) is 0 Å².